The summed E-state index contributed by atoms with van der Waals surface area (Å²) < 4.78 is 50.9. The lowest BCUT2D eigenvalue weighted by Gasteiger charge is -2.16. The molecule has 0 saturated carbocycles. The molecule has 0 aliphatic rings. The van der Waals surface area contributed by atoms with Crippen molar-refractivity contribution >= 4 is 5.97 Å². The summed E-state index contributed by atoms with van der Waals surface area (Å²) in [6.07, 6.45) is -5.41. The second-order valence-electron chi connectivity index (χ2n) is 3.83. The molecule has 1 aromatic rings. The number of ether oxygens (including phenoxy) is 3. The molecule has 9 heteroatoms. The van der Waals surface area contributed by atoms with E-state index in [9.17, 15) is 18.0 Å². The van der Waals surface area contributed by atoms with Crippen LogP contribution in [-0.4, -0.2) is 31.0 Å². The predicted molar refractivity (Wildman–Crippen MR) is 65.7 cm³/mol. The predicted octanol–water partition coefficient (Wildman–Crippen LogP) is 1.55. The fourth-order valence-electron chi connectivity index (χ4n) is 1.58. The Balaban J connectivity index is 3.24. The SMILES string of the molecule is CCOC(=O)Cc1nc(OC)cc(CN)c1OC(F)(F)F. The lowest BCUT2D eigenvalue weighted by molar-refractivity contribution is -0.275. The standard InChI is InChI=1S/C12H15F3N2O4/c1-3-20-10(18)5-8-11(21-12(13,14)15)7(6-16)4-9(17-8)19-2/h4H,3,5-6,16H2,1-2H3. The summed E-state index contributed by atoms with van der Waals surface area (Å²) in [4.78, 5) is 15.3. The maximum atomic E-state index is 12.5. The van der Waals surface area contributed by atoms with E-state index in [1.165, 1.54) is 13.2 Å². The molecule has 2 N–H and O–H groups in total. The molecule has 0 bridgehead atoms. The normalized spacial score (nSPS) is 11.1. The molecule has 6 nitrogen and oxygen atoms in total. The maximum Gasteiger partial charge on any atom is 0.573 e. The van der Waals surface area contributed by atoms with Crippen LogP contribution in [0.25, 0.3) is 0 Å². The van der Waals surface area contributed by atoms with Gasteiger partial charge in [0.15, 0.2) is 5.75 Å². The Morgan fingerprint density at radius 3 is 2.57 bits per heavy atom. The highest BCUT2D eigenvalue weighted by Gasteiger charge is 2.34. The van der Waals surface area contributed by atoms with Gasteiger partial charge in [-0.25, -0.2) is 4.98 Å². The Morgan fingerprint density at radius 2 is 2.10 bits per heavy atom. The van der Waals surface area contributed by atoms with Crippen molar-refractivity contribution in [3.8, 4) is 11.6 Å². The van der Waals surface area contributed by atoms with Crippen LogP contribution in [0.2, 0.25) is 0 Å². The van der Waals surface area contributed by atoms with E-state index in [-0.39, 0.29) is 30.3 Å². The number of pyridine rings is 1. The zero-order valence-electron chi connectivity index (χ0n) is 11.5. The quantitative estimate of drug-likeness (QED) is 0.803. The zero-order valence-corrected chi connectivity index (χ0v) is 11.5. The van der Waals surface area contributed by atoms with Gasteiger partial charge in [0.1, 0.15) is 0 Å². The molecule has 0 aliphatic heterocycles. The Bertz CT molecular complexity index is 506. The van der Waals surface area contributed by atoms with Crippen molar-refractivity contribution < 1.29 is 32.2 Å². The average Bonchev–Trinajstić information content (AvgIpc) is 2.39. The van der Waals surface area contributed by atoms with Crippen molar-refractivity contribution in [2.45, 2.75) is 26.3 Å². The van der Waals surface area contributed by atoms with Gasteiger partial charge in [-0.05, 0) is 6.92 Å². The first-order valence-electron chi connectivity index (χ1n) is 5.99. The summed E-state index contributed by atoms with van der Waals surface area (Å²) in [6.45, 7) is 1.44. The number of nitrogens with two attached hydrogens (primary N) is 1. The van der Waals surface area contributed by atoms with Gasteiger partial charge in [0.05, 0.1) is 25.8 Å². The lowest BCUT2D eigenvalue weighted by atomic mass is 10.1. The Hall–Kier alpha value is -2.03. The number of rotatable bonds is 6. The van der Waals surface area contributed by atoms with Gasteiger partial charge in [-0.3, -0.25) is 4.79 Å². The fraction of sp³-hybridized carbons (Fsp3) is 0.500. The van der Waals surface area contributed by atoms with E-state index in [1.54, 1.807) is 6.92 Å². The van der Waals surface area contributed by atoms with E-state index in [1.807, 2.05) is 0 Å². The van der Waals surface area contributed by atoms with Gasteiger partial charge >= 0.3 is 12.3 Å². The van der Waals surface area contributed by atoms with Crippen LogP contribution in [0.1, 0.15) is 18.2 Å². The minimum Gasteiger partial charge on any atom is -0.481 e. The molecule has 0 unspecified atom stereocenters. The largest absolute Gasteiger partial charge is 0.573 e. The second-order valence-corrected chi connectivity index (χ2v) is 3.83. The van der Waals surface area contributed by atoms with Gasteiger partial charge in [0.25, 0.3) is 0 Å². The highest BCUT2D eigenvalue weighted by atomic mass is 19.4. The molecule has 0 fully saturated rings. The molecule has 0 aromatic carbocycles. The van der Waals surface area contributed by atoms with Gasteiger partial charge < -0.3 is 19.9 Å². The first-order valence-corrected chi connectivity index (χ1v) is 5.99. The van der Waals surface area contributed by atoms with Crippen molar-refractivity contribution in [3.63, 3.8) is 0 Å². The second kappa shape index (κ2) is 7.11. The third-order valence-corrected chi connectivity index (χ3v) is 2.36. The number of alkyl halides is 3. The Morgan fingerprint density at radius 1 is 1.43 bits per heavy atom. The molecule has 0 saturated heterocycles. The minimum atomic E-state index is -4.93. The van der Waals surface area contributed by atoms with Crippen molar-refractivity contribution in [2.75, 3.05) is 13.7 Å². The monoisotopic (exact) mass is 308 g/mol. The van der Waals surface area contributed by atoms with Crippen molar-refractivity contribution in [1.82, 2.24) is 4.98 Å². The molecule has 0 amide bonds. The number of hydrogen-bond donors (Lipinski definition) is 1. The summed E-state index contributed by atoms with van der Waals surface area (Å²) in [5.41, 5.74) is 5.19. The smallest absolute Gasteiger partial charge is 0.481 e. The van der Waals surface area contributed by atoms with Gasteiger partial charge in [-0.2, -0.15) is 0 Å². The molecular formula is C12H15F3N2O4. The molecule has 0 atom stereocenters. The van der Waals surface area contributed by atoms with E-state index in [0.29, 0.717) is 0 Å². The van der Waals surface area contributed by atoms with Gasteiger partial charge in [-0.15, -0.1) is 13.2 Å². The summed E-state index contributed by atoms with van der Waals surface area (Å²) in [6, 6.07) is 1.22. The third-order valence-electron chi connectivity index (χ3n) is 2.36. The molecule has 118 valence electrons. The van der Waals surface area contributed by atoms with E-state index in [0.717, 1.165) is 0 Å². The van der Waals surface area contributed by atoms with Gasteiger partial charge in [-0.1, -0.05) is 0 Å². The number of aromatic nitrogens is 1. The lowest BCUT2D eigenvalue weighted by Crippen LogP contribution is -2.21. The molecule has 1 rings (SSSR count). The van der Waals surface area contributed by atoms with E-state index in [4.69, 9.17) is 15.2 Å². The van der Waals surface area contributed by atoms with Crippen molar-refractivity contribution in [2.24, 2.45) is 5.73 Å². The Labute approximate surface area is 119 Å². The number of halogens is 3. The molecule has 1 heterocycles. The minimum absolute atomic E-state index is 0.0264. The fourth-order valence-corrected chi connectivity index (χ4v) is 1.58. The van der Waals surface area contributed by atoms with Gasteiger partial charge in [0.2, 0.25) is 5.88 Å². The van der Waals surface area contributed by atoms with Crippen molar-refractivity contribution in [1.29, 1.82) is 0 Å². The van der Waals surface area contributed by atoms with Crippen molar-refractivity contribution in [3.05, 3.63) is 17.3 Å². The summed E-state index contributed by atoms with van der Waals surface area (Å²) in [5.74, 6) is -1.30. The zero-order chi connectivity index (χ0) is 16.0. The number of carbonyl (C=O) groups excluding carboxylic acids is 1. The number of carbonyl (C=O) groups is 1. The van der Waals surface area contributed by atoms with Crippen LogP contribution in [0, 0.1) is 0 Å². The Kier molecular flexibility index (Phi) is 5.77. The van der Waals surface area contributed by atoms with Crippen LogP contribution in [-0.2, 0) is 22.5 Å². The number of esters is 1. The van der Waals surface area contributed by atoms with Crippen LogP contribution in [0.5, 0.6) is 11.6 Å². The van der Waals surface area contributed by atoms with Crippen LogP contribution < -0.4 is 15.2 Å². The van der Waals surface area contributed by atoms with Crippen LogP contribution in [0.4, 0.5) is 13.2 Å². The average molecular weight is 308 g/mol. The highest BCUT2D eigenvalue weighted by molar-refractivity contribution is 5.73. The van der Waals surface area contributed by atoms with Crippen LogP contribution in [0.3, 0.4) is 0 Å². The third kappa shape index (κ3) is 5.10. The summed E-state index contributed by atoms with van der Waals surface area (Å²) in [5, 5.41) is 0. The summed E-state index contributed by atoms with van der Waals surface area (Å²) >= 11 is 0. The van der Waals surface area contributed by atoms with Crippen LogP contribution >= 0.6 is 0 Å². The molecule has 21 heavy (non-hydrogen) atoms. The number of nitrogens with zero attached hydrogens (tertiary/aromatic N) is 1. The van der Waals surface area contributed by atoms with E-state index >= 15 is 0 Å². The first-order chi connectivity index (χ1) is 9.80. The first kappa shape index (κ1) is 17.0. The number of hydrogen-bond acceptors (Lipinski definition) is 6. The molecule has 0 spiro atoms. The topological polar surface area (TPSA) is 83.7 Å². The molecule has 1 aromatic heterocycles. The molecule has 0 radical (unpaired) electrons. The van der Waals surface area contributed by atoms with E-state index in [2.05, 4.69) is 9.72 Å². The highest BCUT2D eigenvalue weighted by Crippen LogP contribution is 2.32. The summed E-state index contributed by atoms with van der Waals surface area (Å²) in [7, 11) is 1.29. The maximum absolute atomic E-state index is 12.5. The molecule has 0 aliphatic carbocycles. The number of methoxy groups -OCH3 is 1. The van der Waals surface area contributed by atoms with Crippen LogP contribution in [0.15, 0.2) is 6.07 Å². The molecular weight excluding hydrogens is 293 g/mol. The van der Waals surface area contributed by atoms with E-state index < -0.39 is 24.5 Å². The van der Waals surface area contributed by atoms with Gasteiger partial charge in [0, 0.05) is 18.2 Å².